The van der Waals surface area contributed by atoms with Crippen molar-refractivity contribution in [2.75, 3.05) is 5.75 Å². The van der Waals surface area contributed by atoms with Crippen LogP contribution in [0.25, 0.3) is 6.08 Å². The van der Waals surface area contributed by atoms with Gasteiger partial charge in [0.15, 0.2) is 10.6 Å². The number of rotatable bonds is 4. The zero-order chi connectivity index (χ0) is 16.1. The number of hydrogen-bond acceptors (Lipinski definition) is 3. The molecule has 0 fully saturated rings. The van der Waals surface area contributed by atoms with E-state index in [0.717, 1.165) is 16.8 Å². The molecule has 1 aliphatic rings. The first-order valence-corrected chi connectivity index (χ1v) is 8.30. The molecule has 2 atom stereocenters. The van der Waals surface area contributed by atoms with Gasteiger partial charge >= 0.3 is 0 Å². The van der Waals surface area contributed by atoms with Gasteiger partial charge in [0, 0.05) is 18.4 Å². The number of hydrazone groups is 1. The smallest absolute Gasteiger partial charge is 0.240 e. The molecule has 4 nitrogen and oxygen atoms in total. The van der Waals surface area contributed by atoms with Crippen molar-refractivity contribution in [2.24, 2.45) is 11.0 Å². The number of nitrogens with zero attached hydrogens (tertiary/aromatic N) is 1. The SMILES string of the molecule is C#CC[S+]([O-])c1cccc(C=C(C)C2=NNC(=O)CC2C)c1. The van der Waals surface area contributed by atoms with Gasteiger partial charge in [-0.25, -0.2) is 5.43 Å². The molecule has 1 amide bonds. The minimum atomic E-state index is -1.18. The number of allylic oxidation sites excluding steroid dienone is 1. The van der Waals surface area contributed by atoms with Crippen molar-refractivity contribution in [3.8, 4) is 12.3 Å². The van der Waals surface area contributed by atoms with Gasteiger partial charge in [-0.15, -0.1) is 6.42 Å². The molecule has 2 unspecified atom stereocenters. The normalized spacial score (nSPS) is 19.9. The molecule has 2 rings (SSSR count). The van der Waals surface area contributed by atoms with Crippen molar-refractivity contribution in [1.29, 1.82) is 0 Å². The summed E-state index contributed by atoms with van der Waals surface area (Å²) in [6, 6.07) is 7.47. The lowest BCUT2D eigenvalue weighted by Crippen LogP contribution is -2.31. The molecule has 0 saturated carbocycles. The van der Waals surface area contributed by atoms with Crippen LogP contribution in [0.3, 0.4) is 0 Å². The molecule has 22 heavy (non-hydrogen) atoms. The van der Waals surface area contributed by atoms with Crippen molar-refractivity contribution in [3.63, 3.8) is 0 Å². The van der Waals surface area contributed by atoms with Crippen LogP contribution in [0.1, 0.15) is 25.8 Å². The molecule has 0 aromatic heterocycles. The second-order valence-electron chi connectivity index (χ2n) is 5.23. The Morgan fingerprint density at radius 2 is 2.41 bits per heavy atom. The molecule has 1 heterocycles. The van der Waals surface area contributed by atoms with E-state index in [1.165, 1.54) is 0 Å². The summed E-state index contributed by atoms with van der Waals surface area (Å²) in [6.45, 7) is 3.94. The number of carbonyl (C=O) groups is 1. The molecule has 0 bridgehead atoms. The van der Waals surface area contributed by atoms with E-state index in [4.69, 9.17) is 6.42 Å². The first-order chi connectivity index (χ1) is 10.5. The van der Waals surface area contributed by atoms with Crippen molar-refractivity contribution < 1.29 is 9.35 Å². The summed E-state index contributed by atoms with van der Waals surface area (Å²) in [7, 11) is 0. The van der Waals surface area contributed by atoms with E-state index in [1.807, 2.05) is 38.1 Å². The summed E-state index contributed by atoms with van der Waals surface area (Å²) in [6.07, 6.45) is 7.62. The largest absolute Gasteiger partial charge is 0.611 e. The number of nitrogens with one attached hydrogen (secondary N) is 1. The zero-order valence-corrected chi connectivity index (χ0v) is 13.4. The molecular weight excluding hydrogens is 296 g/mol. The molecule has 1 aliphatic heterocycles. The fraction of sp³-hybridized carbons (Fsp3) is 0.294. The number of carbonyl (C=O) groups excluding carboxylic acids is 1. The van der Waals surface area contributed by atoms with Gasteiger partial charge in [-0.3, -0.25) is 4.79 Å². The highest BCUT2D eigenvalue weighted by Crippen LogP contribution is 2.20. The minimum Gasteiger partial charge on any atom is -0.611 e. The van der Waals surface area contributed by atoms with Crippen molar-refractivity contribution in [1.82, 2.24) is 5.43 Å². The van der Waals surface area contributed by atoms with Crippen LogP contribution in [0.5, 0.6) is 0 Å². The lowest BCUT2D eigenvalue weighted by molar-refractivity contribution is -0.121. The van der Waals surface area contributed by atoms with Gasteiger partial charge in [-0.2, -0.15) is 5.10 Å². The van der Waals surface area contributed by atoms with Crippen molar-refractivity contribution in [2.45, 2.75) is 25.2 Å². The average Bonchev–Trinajstić information content (AvgIpc) is 2.47. The summed E-state index contributed by atoms with van der Waals surface area (Å²) in [4.78, 5) is 12.0. The molecule has 1 aromatic rings. The topological polar surface area (TPSA) is 64.5 Å². The van der Waals surface area contributed by atoms with Crippen LogP contribution >= 0.6 is 0 Å². The molecule has 1 N–H and O–H groups in total. The van der Waals surface area contributed by atoms with Crippen molar-refractivity contribution in [3.05, 3.63) is 35.4 Å². The van der Waals surface area contributed by atoms with Crippen molar-refractivity contribution >= 4 is 28.9 Å². The fourth-order valence-corrected chi connectivity index (χ4v) is 3.17. The Morgan fingerprint density at radius 1 is 1.64 bits per heavy atom. The van der Waals surface area contributed by atoms with Crippen LogP contribution in [0, 0.1) is 18.3 Å². The number of amides is 1. The Labute approximate surface area is 133 Å². The second-order valence-corrected chi connectivity index (χ2v) is 6.68. The Morgan fingerprint density at radius 3 is 3.09 bits per heavy atom. The zero-order valence-electron chi connectivity index (χ0n) is 12.6. The van der Waals surface area contributed by atoms with Crippen LogP contribution in [0.4, 0.5) is 0 Å². The van der Waals surface area contributed by atoms with E-state index < -0.39 is 11.2 Å². The van der Waals surface area contributed by atoms with Crippen LogP contribution in [0.2, 0.25) is 0 Å². The van der Waals surface area contributed by atoms with Gasteiger partial charge in [0.25, 0.3) is 0 Å². The first-order valence-electron chi connectivity index (χ1n) is 6.98. The quantitative estimate of drug-likeness (QED) is 0.685. The molecule has 114 valence electrons. The number of benzene rings is 1. The molecule has 0 spiro atoms. The van der Waals surface area contributed by atoms with Crippen LogP contribution < -0.4 is 5.43 Å². The highest BCUT2D eigenvalue weighted by atomic mass is 32.2. The van der Waals surface area contributed by atoms with Gasteiger partial charge in [0.2, 0.25) is 5.91 Å². The molecule has 0 aliphatic carbocycles. The molecular formula is C17H18N2O2S. The monoisotopic (exact) mass is 314 g/mol. The third-order valence-electron chi connectivity index (χ3n) is 3.38. The predicted octanol–water partition coefficient (Wildman–Crippen LogP) is 2.34. The Balaban J connectivity index is 2.24. The van der Waals surface area contributed by atoms with Crippen LogP contribution in [0.15, 0.2) is 39.8 Å². The summed E-state index contributed by atoms with van der Waals surface area (Å²) in [5.41, 5.74) is 5.30. The van der Waals surface area contributed by atoms with Gasteiger partial charge in [0.05, 0.1) is 5.71 Å². The fourth-order valence-electron chi connectivity index (χ4n) is 2.36. The van der Waals surface area contributed by atoms with E-state index in [1.54, 1.807) is 6.07 Å². The van der Waals surface area contributed by atoms with Crippen LogP contribution in [-0.2, 0) is 16.0 Å². The third kappa shape index (κ3) is 4.00. The van der Waals surface area contributed by atoms with E-state index >= 15 is 0 Å². The van der Waals surface area contributed by atoms with E-state index in [9.17, 15) is 9.35 Å². The van der Waals surface area contributed by atoms with Gasteiger partial charge in [-0.05, 0) is 41.4 Å². The maximum atomic E-state index is 11.9. The Kier molecular flexibility index (Phi) is 5.42. The molecule has 0 radical (unpaired) electrons. The van der Waals surface area contributed by atoms with Crippen LogP contribution in [-0.4, -0.2) is 21.9 Å². The molecule has 0 saturated heterocycles. The number of hydrogen-bond donors (Lipinski definition) is 1. The first kappa shape index (κ1) is 16.3. The summed E-state index contributed by atoms with van der Waals surface area (Å²) >= 11 is -1.18. The average molecular weight is 314 g/mol. The van der Waals surface area contributed by atoms with Gasteiger partial charge in [0.1, 0.15) is 0 Å². The lowest BCUT2D eigenvalue weighted by atomic mass is 9.94. The standard InChI is InChI=1S/C17H18N2O2S/c1-4-8-22(21)15-7-5-6-14(11-15)9-12(2)17-13(3)10-16(20)18-19-17/h1,5-7,9,11,13H,8,10H2,2-3H3,(H,18,20). The number of terminal acetylenes is 1. The minimum absolute atomic E-state index is 0.0595. The summed E-state index contributed by atoms with van der Waals surface area (Å²) in [5.74, 6) is 2.65. The predicted molar refractivity (Wildman–Crippen MR) is 89.6 cm³/mol. The second kappa shape index (κ2) is 7.30. The molecule has 5 heteroatoms. The maximum Gasteiger partial charge on any atom is 0.240 e. The summed E-state index contributed by atoms with van der Waals surface area (Å²) < 4.78 is 11.9. The Hall–Kier alpha value is -2.03. The maximum absolute atomic E-state index is 11.9. The van der Waals surface area contributed by atoms with E-state index in [-0.39, 0.29) is 17.6 Å². The highest BCUT2D eigenvalue weighted by Gasteiger charge is 2.21. The van der Waals surface area contributed by atoms with Gasteiger partial charge < -0.3 is 4.55 Å². The third-order valence-corrected chi connectivity index (χ3v) is 4.59. The van der Waals surface area contributed by atoms with E-state index in [0.29, 0.717) is 11.3 Å². The van der Waals surface area contributed by atoms with Gasteiger partial charge in [-0.1, -0.05) is 25.0 Å². The Bertz CT molecular complexity index is 673. The summed E-state index contributed by atoms with van der Waals surface area (Å²) in [5, 5.41) is 4.14. The molecule has 1 aromatic carbocycles. The van der Waals surface area contributed by atoms with E-state index in [2.05, 4.69) is 16.4 Å². The highest BCUT2D eigenvalue weighted by molar-refractivity contribution is 7.91. The lowest BCUT2D eigenvalue weighted by Gasteiger charge is -2.19.